The first-order valence-electron chi connectivity index (χ1n) is 9.59. The van der Waals surface area contributed by atoms with Gasteiger partial charge in [-0.25, -0.2) is 0 Å². The molecule has 0 spiro atoms. The van der Waals surface area contributed by atoms with Crippen molar-refractivity contribution in [3.63, 3.8) is 0 Å². The van der Waals surface area contributed by atoms with Gasteiger partial charge in [-0.2, -0.15) is 0 Å². The highest BCUT2D eigenvalue weighted by Crippen LogP contribution is 2.32. The second-order valence-corrected chi connectivity index (χ2v) is 6.60. The largest absolute Gasteiger partial charge is 0.497 e. The smallest absolute Gasteiger partial charge is 0.251 e. The second kappa shape index (κ2) is 10.1. The number of rotatable bonds is 8. The molecule has 3 heteroatoms. The van der Waals surface area contributed by atoms with Gasteiger partial charge < -0.3 is 9.64 Å². The molecule has 3 rings (SSSR count). The van der Waals surface area contributed by atoms with Gasteiger partial charge in [0.1, 0.15) is 5.75 Å². The number of carbonyl (C=O) groups excluding carboxylic acids is 1. The first-order chi connectivity index (χ1) is 14.2. The maximum Gasteiger partial charge on any atom is 0.251 e. The topological polar surface area (TPSA) is 29.5 Å². The zero-order valence-electron chi connectivity index (χ0n) is 16.6. The van der Waals surface area contributed by atoms with Gasteiger partial charge in [0.05, 0.1) is 13.2 Å². The highest BCUT2D eigenvalue weighted by molar-refractivity contribution is 6.04. The summed E-state index contributed by atoms with van der Waals surface area (Å²) in [5, 5.41) is 0. The molecule has 3 aromatic carbocycles. The molecule has 0 fully saturated rings. The normalized spacial score (nSPS) is 11.8. The molecular formula is C26H25NO2. The lowest BCUT2D eigenvalue weighted by Crippen LogP contribution is -2.33. The van der Waals surface area contributed by atoms with E-state index in [1.165, 1.54) is 0 Å². The molecule has 0 bridgehead atoms. The molecule has 0 heterocycles. The van der Waals surface area contributed by atoms with E-state index in [1.54, 1.807) is 13.2 Å². The maximum atomic E-state index is 13.3. The van der Waals surface area contributed by atoms with E-state index in [9.17, 15) is 4.79 Å². The van der Waals surface area contributed by atoms with Crippen LogP contribution in [0.5, 0.6) is 5.75 Å². The van der Waals surface area contributed by atoms with Crippen LogP contribution in [0.25, 0.3) is 6.08 Å². The summed E-state index contributed by atoms with van der Waals surface area (Å²) in [5.41, 5.74) is 2.85. The minimum atomic E-state index is -0.157. The van der Waals surface area contributed by atoms with Gasteiger partial charge in [0.15, 0.2) is 0 Å². The minimum absolute atomic E-state index is 0.0882. The standard InChI is InChI=1S/C26H25NO2/c1-3-10-25(22-13-8-5-9-14-22)27(23-16-18-24(29-2)19-17-23)26(28)20-15-21-11-6-4-7-12-21/h3-9,11-20,25H,1,10H2,2H3/b20-15+. The van der Waals surface area contributed by atoms with Crippen molar-refractivity contribution in [1.82, 2.24) is 0 Å². The third-order valence-corrected chi connectivity index (χ3v) is 4.69. The third-order valence-electron chi connectivity index (χ3n) is 4.69. The van der Waals surface area contributed by atoms with Gasteiger partial charge in [-0.05, 0) is 47.9 Å². The van der Waals surface area contributed by atoms with E-state index in [4.69, 9.17) is 4.74 Å². The molecule has 3 nitrogen and oxygen atoms in total. The van der Waals surface area contributed by atoms with Gasteiger partial charge >= 0.3 is 0 Å². The van der Waals surface area contributed by atoms with Crippen molar-refractivity contribution in [2.45, 2.75) is 12.5 Å². The van der Waals surface area contributed by atoms with Crippen LogP contribution in [0.4, 0.5) is 5.69 Å². The van der Waals surface area contributed by atoms with Crippen LogP contribution in [0.15, 0.2) is 104 Å². The number of benzene rings is 3. The number of anilines is 1. The Morgan fingerprint density at radius 2 is 1.59 bits per heavy atom. The molecule has 0 radical (unpaired) electrons. The molecule has 1 amide bonds. The molecule has 0 aliphatic heterocycles. The lowest BCUT2D eigenvalue weighted by molar-refractivity contribution is -0.114. The van der Waals surface area contributed by atoms with Crippen molar-refractivity contribution in [2.75, 3.05) is 12.0 Å². The Morgan fingerprint density at radius 1 is 0.966 bits per heavy atom. The van der Waals surface area contributed by atoms with E-state index in [0.29, 0.717) is 6.42 Å². The van der Waals surface area contributed by atoms with Crippen LogP contribution < -0.4 is 9.64 Å². The predicted molar refractivity (Wildman–Crippen MR) is 120 cm³/mol. The first-order valence-corrected chi connectivity index (χ1v) is 9.59. The fourth-order valence-electron chi connectivity index (χ4n) is 3.24. The Balaban J connectivity index is 2.00. The second-order valence-electron chi connectivity index (χ2n) is 6.60. The van der Waals surface area contributed by atoms with Crippen LogP contribution in [-0.4, -0.2) is 13.0 Å². The third kappa shape index (κ3) is 5.23. The van der Waals surface area contributed by atoms with E-state index in [1.807, 2.05) is 102 Å². The van der Waals surface area contributed by atoms with Crippen molar-refractivity contribution >= 4 is 17.7 Å². The van der Waals surface area contributed by atoms with Gasteiger partial charge in [-0.15, -0.1) is 6.58 Å². The number of ether oxygens (including phenoxy) is 1. The number of hydrogen-bond acceptors (Lipinski definition) is 2. The number of nitrogens with zero attached hydrogens (tertiary/aromatic N) is 1. The summed E-state index contributed by atoms with van der Waals surface area (Å²) in [6, 6.07) is 27.2. The van der Waals surface area contributed by atoms with Gasteiger partial charge in [0.25, 0.3) is 5.91 Å². The average Bonchev–Trinajstić information content (AvgIpc) is 2.79. The summed E-state index contributed by atoms with van der Waals surface area (Å²) in [6.45, 7) is 3.91. The fourth-order valence-corrected chi connectivity index (χ4v) is 3.24. The summed E-state index contributed by atoms with van der Waals surface area (Å²) in [6.07, 6.45) is 5.96. The van der Waals surface area contributed by atoms with Crippen LogP contribution in [0.3, 0.4) is 0 Å². The molecule has 0 N–H and O–H groups in total. The van der Waals surface area contributed by atoms with E-state index in [2.05, 4.69) is 6.58 Å². The highest BCUT2D eigenvalue weighted by Gasteiger charge is 2.24. The first kappa shape index (κ1) is 20.2. The van der Waals surface area contributed by atoms with Crippen LogP contribution in [-0.2, 0) is 4.79 Å². The Morgan fingerprint density at radius 3 is 2.17 bits per heavy atom. The zero-order valence-corrected chi connectivity index (χ0v) is 16.6. The zero-order chi connectivity index (χ0) is 20.5. The van der Waals surface area contributed by atoms with Crippen LogP contribution in [0, 0.1) is 0 Å². The van der Waals surface area contributed by atoms with Crippen molar-refractivity contribution in [3.05, 3.63) is 115 Å². The minimum Gasteiger partial charge on any atom is -0.497 e. The number of methoxy groups -OCH3 is 1. The Kier molecular flexibility index (Phi) is 7.01. The summed E-state index contributed by atoms with van der Waals surface area (Å²) in [7, 11) is 1.63. The van der Waals surface area contributed by atoms with Gasteiger partial charge in [-0.3, -0.25) is 4.79 Å². The molecule has 1 unspecified atom stereocenters. The Hall–Kier alpha value is -3.59. The summed E-state index contributed by atoms with van der Waals surface area (Å²) in [4.78, 5) is 15.2. The lowest BCUT2D eigenvalue weighted by atomic mass is 10.0. The Bertz CT molecular complexity index is 947. The van der Waals surface area contributed by atoms with Gasteiger partial charge in [0, 0.05) is 11.8 Å². The number of amides is 1. The fraction of sp³-hybridized carbons (Fsp3) is 0.115. The van der Waals surface area contributed by atoms with Gasteiger partial charge in [-0.1, -0.05) is 66.7 Å². The highest BCUT2D eigenvalue weighted by atomic mass is 16.5. The van der Waals surface area contributed by atoms with Gasteiger partial charge in [0.2, 0.25) is 0 Å². The molecular weight excluding hydrogens is 358 g/mol. The molecule has 0 saturated carbocycles. The van der Waals surface area contributed by atoms with E-state index in [0.717, 1.165) is 22.6 Å². The van der Waals surface area contributed by atoms with Crippen molar-refractivity contribution in [2.24, 2.45) is 0 Å². The molecule has 0 aromatic heterocycles. The van der Waals surface area contributed by atoms with Crippen LogP contribution in [0.2, 0.25) is 0 Å². The molecule has 0 aliphatic carbocycles. The molecule has 1 atom stereocenters. The predicted octanol–water partition coefficient (Wildman–Crippen LogP) is 6.06. The van der Waals surface area contributed by atoms with Crippen molar-refractivity contribution in [1.29, 1.82) is 0 Å². The van der Waals surface area contributed by atoms with E-state index >= 15 is 0 Å². The van der Waals surface area contributed by atoms with Crippen LogP contribution >= 0.6 is 0 Å². The molecule has 0 aliphatic rings. The monoisotopic (exact) mass is 383 g/mol. The summed E-state index contributed by atoms with van der Waals surface area (Å²) >= 11 is 0. The van der Waals surface area contributed by atoms with E-state index in [-0.39, 0.29) is 11.9 Å². The molecule has 29 heavy (non-hydrogen) atoms. The molecule has 3 aromatic rings. The summed E-state index contributed by atoms with van der Waals surface area (Å²) in [5.74, 6) is 0.663. The number of carbonyl (C=O) groups is 1. The summed E-state index contributed by atoms with van der Waals surface area (Å²) < 4.78 is 5.27. The Labute approximate surface area is 172 Å². The quantitative estimate of drug-likeness (QED) is 0.349. The maximum absolute atomic E-state index is 13.3. The number of hydrogen-bond donors (Lipinski definition) is 0. The molecule has 0 saturated heterocycles. The van der Waals surface area contributed by atoms with Crippen molar-refractivity contribution < 1.29 is 9.53 Å². The van der Waals surface area contributed by atoms with Crippen molar-refractivity contribution in [3.8, 4) is 5.75 Å². The molecule has 146 valence electrons. The lowest BCUT2D eigenvalue weighted by Gasteiger charge is -2.31. The van der Waals surface area contributed by atoms with Crippen LogP contribution in [0.1, 0.15) is 23.6 Å². The average molecular weight is 383 g/mol. The van der Waals surface area contributed by atoms with E-state index < -0.39 is 0 Å². The SMILES string of the molecule is C=CCC(c1ccccc1)N(C(=O)/C=C/c1ccccc1)c1ccc(OC)cc1.